The number of hydrogen-bond donors (Lipinski definition) is 0. The van der Waals surface area contributed by atoms with Crippen LogP contribution < -0.4 is 0 Å². The van der Waals surface area contributed by atoms with Crippen molar-refractivity contribution in [1.82, 2.24) is 25.1 Å². The fourth-order valence-electron chi connectivity index (χ4n) is 6.55. The summed E-state index contributed by atoms with van der Waals surface area (Å²) in [5.41, 5.74) is 4.87. The molecule has 3 aromatic rings. The van der Waals surface area contributed by atoms with Crippen molar-refractivity contribution >= 4 is 11.9 Å². The predicted octanol–water partition coefficient (Wildman–Crippen LogP) is 1.30. The van der Waals surface area contributed by atoms with E-state index >= 15 is 0 Å². The maximum atomic E-state index is 13.4. The summed E-state index contributed by atoms with van der Waals surface area (Å²) in [5, 5.41) is 11.2. The maximum Gasteiger partial charge on any atom is 0.338 e. The number of piperidine rings is 2. The van der Waals surface area contributed by atoms with E-state index in [1.165, 1.54) is 12.0 Å². The van der Waals surface area contributed by atoms with Gasteiger partial charge in [0.05, 0.1) is 30.6 Å². The summed E-state index contributed by atoms with van der Waals surface area (Å²) in [5.74, 6) is 0.143. The minimum atomic E-state index is -0.214. The van der Waals surface area contributed by atoms with Gasteiger partial charge in [-0.25, -0.2) is 14.3 Å². The van der Waals surface area contributed by atoms with Crippen LogP contribution in [0.1, 0.15) is 33.5 Å². The fraction of sp³-hybridized carbons (Fsp3) is 0.400. The lowest BCUT2D eigenvalue weighted by Gasteiger charge is -2.73. The highest BCUT2D eigenvalue weighted by atomic mass is 16.5. The minimum absolute atomic E-state index is 0.214. The molecule has 2 aromatic carbocycles. The number of tetrazole rings is 1. The Bertz CT molecular complexity index is 1280. The first kappa shape index (κ1) is 20.0. The molecule has 0 N–H and O–H groups in total. The molecule has 4 bridgehead atoms. The van der Waals surface area contributed by atoms with Crippen molar-refractivity contribution < 1.29 is 18.8 Å². The van der Waals surface area contributed by atoms with Crippen LogP contribution in [0.2, 0.25) is 0 Å². The highest BCUT2D eigenvalue weighted by molar-refractivity contribution is 5.93. The molecule has 1 aromatic heterocycles. The Labute approximate surface area is 196 Å². The topological polar surface area (TPSA) is 90.2 Å². The predicted molar refractivity (Wildman–Crippen MR) is 120 cm³/mol. The third-order valence-electron chi connectivity index (χ3n) is 8.41. The van der Waals surface area contributed by atoms with Gasteiger partial charge in [0.25, 0.3) is 0 Å². The van der Waals surface area contributed by atoms with Gasteiger partial charge in [0.2, 0.25) is 0 Å². The van der Waals surface area contributed by atoms with E-state index in [1.807, 2.05) is 36.4 Å². The van der Waals surface area contributed by atoms with Gasteiger partial charge in [-0.05, 0) is 46.2 Å². The van der Waals surface area contributed by atoms with Crippen LogP contribution in [0.3, 0.4) is 0 Å². The van der Waals surface area contributed by atoms with Gasteiger partial charge < -0.3 is 4.74 Å². The molecule has 4 unspecified atom stereocenters. The highest BCUT2D eigenvalue weighted by Crippen LogP contribution is 2.53. The number of esters is 1. The molecule has 6 aliphatic rings. The molecule has 5 saturated heterocycles. The van der Waals surface area contributed by atoms with Crippen LogP contribution in [0.4, 0.5) is 0 Å². The van der Waals surface area contributed by atoms with Crippen molar-refractivity contribution in [2.24, 2.45) is 0 Å². The molecule has 9 nitrogen and oxygen atoms in total. The smallest absolute Gasteiger partial charge is 0.338 e. The molecule has 6 aliphatic heterocycles. The Morgan fingerprint density at radius 3 is 2.74 bits per heavy atom. The average Bonchev–Trinajstić information content (AvgIpc) is 3.51. The molecule has 4 atom stereocenters. The largest absolute Gasteiger partial charge is 0.457 e. The Balaban J connectivity index is 0.978. The minimum Gasteiger partial charge on any atom is -0.457 e. The molecule has 5 fully saturated rings. The number of benzene rings is 2. The summed E-state index contributed by atoms with van der Waals surface area (Å²) in [6.07, 6.45) is 4.17. The normalized spacial score (nSPS) is 28.6. The van der Waals surface area contributed by atoms with Gasteiger partial charge >= 0.3 is 11.9 Å². The molecular formula is C25H25N6O3+. The summed E-state index contributed by atoms with van der Waals surface area (Å²) < 4.78 is 7.42. The van der Waals surface area contributed by atoms with Gasteiger partial charge in [-0.15, -0.1) is 5.10 Å². The SMILES string of the molecule is O=C1OCc2cc(CCN3CC4CC5C3C[N+]45C(=O)Cc3ccc(-n4cnnn4)cc3)ccc21. The van der Waals surface area contributed by atoms with Crippen LogP contribution in [0.5, 0.6) is 0 Å². The van der Waals surface area contributed by atoms with Gasteiger partial charge in [-0.2, -0.15) is 0 Å². The second-order valence-corrected chi connectivity index (χ2v) is 9.94. The Morgan fingerprint density at radius 1 is 1.15 bits per heavy atom. The van der Waals surface area contributed by atoms with Crippen molar-refractivity contribution in [3.05, 3.63) is 71.0 Å². The zero-order chi connectivity index (χ0) is 22.9. The number of amides is 1. The number of quaternary nitrogens is 1. The molecule has 1 amide bonds. The van der Waals surface area contributed by atoms with Crippen LogP contribution in [0.25, 0.3) is 5.69 Å². The van der Waals surface area contributed by atoms with E-state index in [9.17, 15) is 9.59 Å². The van der Waals surface area contributed by atoms with Crippen molar-refractivity contribution in [2.75, 3.05) is 19.6 Å². The Kier molecular flexibility index (Phi) is 4.28. The summed E-state index contributed by atoms with van der Waals surface area (Å²) in [7, 11) is 0. The first-order valence-electron chi connectivity index (χ1n) is 11.9. The number of fused-ring (bicyclic) bond motifs is 1. The van der Waals surface area contributed by atoms with E-state index in [4.69, 9.17) is 4.74 Å². The lowest BCUT2D eigenvalue weighted by atomic mass is 9.68. The van der Waals surface area contributed by atoms with Gasteiger partial charge in [-0.1, -0.05) is 24.3 Å². The first-order chi connectivity index (χ1) is 16.6. The summed E-state index contributed by atoms with van der Waals surface area (Å²) in [6, 6.07) is 15.4. The fourth-order valence-corrected chi connectivity index (χ4v) is 6.55. The van der Waals surface area contributed by atoms with Crippen LogP contribution in [-0.4, -0.2) is 79.2 Å². The molecule has 9 rings (SSSR count). The number of cyclic esters (lactones) is 1. The average molecular weight is 458 g/mol. The Hall–Kier alpha value is -3.43. The first-order valence-corrected chi connectivity index (χ1v) is 11.9. The van der Waals surface area contributed by atoms with Crippen molar-refractivity contribution in [3.63, 3.8) is 0 Å². The number of ether oxygens (including phenoxy) is 1. The Morgan fingerprint density at radius 2 is 2.00 bits per heavy atom. The van der Waals surface area contributed by atoms with Crippen LogP contribution >= 0.6 is 0 Å². The molecule has 9 heteroatoms. The van der Waals surface area contributed by atoms with Crippen LogP contribution in [-0.2, 0) is 29.0 Å². The second kappa shape index (κ2) is 7.28. The third kappa shape index (κ3) is 2.83. The van der Waals surface area contributed by atoms with E-state index in [1.54, 1.807) is 11.0 Å². The number of nitrogens with zero attached hydrogens (tertiary/aromatic N) is 6. The third-order valence-corrected chi connectivity index (χ3v) is 8.41. The molecular weight excluding hydrogens is 432 g/mol. The van der Waals surface area contributed by atoms with E-state index in [0.29, 0.717) is 47.1 Å². The van der Waals surface area contributed by atoms with Crippen LogP contribution in [0, 0.1) is 0 Å². The number of aromatic nitrogens is 4. The van der Waals surface area contributed by atoms with E-state index < -0.39 is 0 Å². The zero-order valence-corrected chi connectivity index (χ0v) is 18.7. The molecule has 7 heterocycles. The molecule has 0 radical (unpaired) electrons. The monoisotopic (exact) mass is 457 g/mol. The van der Waals surface area contributed by atoms with Gasteiger partial charge in [0, 0.05) is 12.1 Å². The summed E-state index contributed by atoms with van der Waals surface area (Å²) in [4.78, 5) is 27.6. The number of piperazine rings is 2. The number of carbonyl (C=O) groups is 2. The summed E-state index contributed by atoms with van der Waals surface area (Å²) >= 11 is 0. The number of carbonyl (C=O) groups excluding carboxylic acids is 2. The van der Waals surface area contributed by atoms with E-state index in [-0.39, 0.29) is 5.97 Å². The van der Waals surface area contributed by atoms with Crippen molar-refractivity contribution in [2.45, 2.75) is 44.0 Å². The van der Waals surface area contributed by atoms with Crippen molar-refractivity contribution in [3.8, 4) is 5.69 Å². The van der Waals surface area contributed by atoms with Crippen molar-refractivity contribution in [1.29, 1.82) is 0 Å². The number of rotatable bonds is 6. The van der Waals surface area contributed by atoms with Crippen LogP contribution in [0.15, 0.2) is 48.8 Å². The van der Waals surface area contributed by atoms with E-state index in [0.717, 1.165) is 42.9 Å². The number of hydrogen-bond acceptors (Lipinski definition) is 7. The molecule has 172 valence electrons. The standard InChI is InChI=1S/C25H25N6O3/c32-24(10-16-1-4-19(5-2-16)30-15-26-27-28-30)31-13-22-23(31)11-20(31)12-29(22)8-7-17-3-6-21-18(9-17)14-34-25(21)33/h1-6,9,15,20,22-23H,7-8,10-14H2/q+1. The molecule has 34 heavy (non-hydrogen) atoms. The molecule has 0 aliphatic carbocycles. The zero-order valence-electron chi connectivity index (χ0n) is 18.7. The lowest BCUT2D eigenvalue weighted by molar-refractivity contribution is -1.00. The lowest BCUT2D eigenvalue weighted by Crippen LogP contribution is -2.95. The van der Waals surface area contributed by atoms with Gasteiger partial charge in [-0.3, -0.25) is 9.38 Å². The maximum absolute atomic E-state index is 13.4. The summed E-state index contributed by atoms with van der Waals surface area (Å²) in [6.45, 7) is 3.33. The highest BCUT2D eigenvalue weighted by Gasteiger charge is 2.75. The quantitative estimate of drug-likeness (QED) is 0.407. The van der Waals surface area contributed by atoms with Gasteiger partial charge in [0.1, 0.15) is 37.6 Å². The molecule has 0 saturated carbocycles. The van der Waals surface area contributed by atoms with Gasteiger partial charge in [0.15, 0.2) is 0 Å². The molecule has 0 spiro atoms. The second-order valence-electron chi connectivity index (χ2n) is 9.94. The van der Waals surface area contributed by atoms with E-state index in [2.05, 4.69) is 26.5 Å².